The third-order valence-corrected chi connectivity index (χ3v) is 3.32. The van der Waals surface area contributed by atoms with E-state index in [1.807, 2.05) is 0 Å². The van der Waals surface area contributed by atoms with Crippen molar-refractivity contribution in [2.24, 2.45) is 5.73 Å². The van der Waals surface area contributed by atoms with Crippen LogP contribution in [-0.2, 0) is 6.42 Å². The lowest BCUT2D eigenvalue weighted by atomic mass is 10.3. The van der Waals surface area contributed by atoms with Crippen molar-refractivity contribution in [3.8, 4) is 11.3 Å². The summed E-state index contributed by atoms with van der Waals surface area (Å²) in [6, 6.07) is 2.09. The maximum absolute atomic E-state index is 5.46. The van der Waals surface area contributed by atoms with E-state index in [2.05, 4.69) is 27.2 Å². The van der Waals surface area contributed by atoms with Crippen molar-refractivity contribution in [3.05, 3.63) is 27.2 Å². The quantitative estimate of drug-likeness (QED) is 0.844. The summed E-state index contributed by atoms with van der Waals surface area (Å²) in [5.74, 6) is 0. The van der Waals surface area contributed by atoms with Crippen LogP contribution in [0.4, 0.5) is 0 Å². The zero-order valence-electron chi connectivity index (χ0n) is 7.06. The van der Waals surface area contributed by atoms with Crippen molar-refractivity contribution < 1.29 is 0 Å². The van der Waals surface area contributed by atoms with Crippen molar-refractivity contribution in [1.82, 2.24) is 4.98 Å². The fourth-order valence-electron chi connectivity index (χ4n) is 1.09. The molecule has 0 saturated carbocycles. The molecule has 0 amide bonds. The predicted molar refractivity (Wildman–Crippen MR) is 58.2 cm³/mol. The lowest BCUT2D eigenvalue weighted by Crippen LogP contribution is -2.01. The second-order valence-corrected chi connectivity index (χ2v) is 4.40. The maximum atomic E-state index is 5.46. The third kappa shape index (κ3) is 1.96. The molecule has 0 aliphatic rings. The highest BCUT2D eigenvalue weighted by molar-refractivity contribution is 7.10. The van der Waals surface area contributed by atoms with Gasteiger partial charge in [-0.05, 0) is 18.0 Å². The summed E-state index contributed by atoms with van der Waals surface area (Å²) < 4.78 is 0. The van der Waals surface area contributed by atoms with Crippen LogP contribution in [0.15, 0.2) is 22.2 Å². The molecule has 0 fully saturated rings. The summed E-state index contributed by atoms with van der Waals surface area (Å²) >= 11 is 3.38. The van der Waals surface area contributed by atoms with Gasteiger partial charge in [0.2, 0.25) is 0 Å². The minimum absolute atomic E-state index is 0.677. The normalized spacial score (nSPS) is 10.5. The largest absolute Gasteiger partial charge is 0.330 e. The van der Waals surface area contributed by atoms with E-state index in [4.69, 9.17) is 5.73 Å². The van der Waals surface area contributed by atoms with Crippen LogP contribution in [-0.4, -0.2) is 11.5 Å². The Morgan fingerprint density at radius 2 is 2.31 bits per heavy atom. The molecule has 2 aromatic rings. The molecular formula is C9H10N2S2. The highest BCUT2D eigenvalue weighted by Gasteiger charge is 2.03. The highest BCUT2D eigenvalue weighted by atomic mass is 32.1. The van der Waals surface area contributed by atoms with Crippen LogP contribution in [0, 0.1) is 0 Å². The number of thiazole rings is 1. The SMILES string of the molecule is NCCc1nc(-c2ccsc2)cs1. The summed E-state index contributed by atoms with van der Waals surface area (Å²) in [5.41, 5.74) is 7.75. The van der Waals surface area contributed by atoms with Crippen molar-refractivity contribution in [3.63, 3.8) is 0 Å². The molecule has 0 aromatic carbocycles. The molecule has 68 valence electrons. The zero-order chi connectivity index (χ0) is 9.10. The van der Waals surface area contributed by atoms with Gasteiger partial charge in [-0.25, -0.2) is 4.98 Å². The van der Waals surface area contributed by atoms with Crippen molar-refractivity contribution >= 4 is 22.7 Å². The number of nitrogens with two attached hydrogens (primary N) is 1. The number of rotatable bonds is 3. The molecule has 13 heavy (non-hydrogen) atoms. The first-order chi connectivity index (χ1) is 6.40. The standard InChI is InChI=1S/C9H10N2S2/c10-3-1-9-11-8(6-13-9)7-2-4-12-5-7/h2,4-6H,1,3,10H2. The van der Waals surface area contributed by atoms with Gasteiger partial charge in [-0.15, -0.1) is 11.3 Å². The van der Waals surface area contributed by atoms with Crippen LogP contribution in [0.2, 0.25) is 0 Å². The summed E-state index contributed by atoms with van der Waals surface area (Å²) in [7, 11) is 0. The fraction of sp³-hybridized carbons (Fsp3) is 0.222. The molecule has 0 unspecified atom stereocenters. The van der Waals surface area contributed by atoms with Gasteiger partial charge in [0.25, 0.3) is 0 Å². The molecule has 2 aromatic heterocycles. The Bertz CT molecular complexity index is 365. The first-order valence-corrected chi connectivity index (χ1v) is 5.89. The Morgan fingerprint density at radius 1 is 1.38 bits per heavy atom. The zero-order valence-corrected chi connectivity index (χ0v) is 8.70. The lowest BCUT2D eigenvalue weighted by molar-refractivity contribution is 0.954. The van der Waals surface area contributed by atoms with Gasteiger partial charge < -0.3 is 5.73 Å². The van der Waals surface area contributed by atoms with E-state index in [-0.39, 0.29) is 0 Å². The topological polar surface area (TPSA) is 38.9 Å². The van der Waals surface area contributed by atoms with Crippen molar-refractivity contribution in [2.75, 3.05) is 6.54 Å². The molecule has 0 radical (unpaired) electrons. The molecule has 2 rings (SSSR count). The molecule has 2 heterocycles. The molecule has 0 aliphatic carbocycles. The van der Waals surface area contributed by atoms with Gasteiger partial charge in [0, 0.05) is 22.7 Å². The first-order valence-electron chi connectivity index (χ1n) is 4.07. The van der Waals surface area contributed by atoms with Crippen molar-refractivity contribution in [2.45, 2.75) is 6.42 Å². The summed E-state index contributed by atoms with van der Waals surface area (Å²) in [6.45, 7) is 0.677. The number of nitrogens with zero attached hydrogens (tertiary/aromatic N) is 1. The predicted octanol–water partition coefficient (Wildman–Crippen LogP) is 2.37. The maximum Gasteiger partial charge on any atom is 0.0945 e. The van der Waals surface area contributed by atoms with Gasteiger partial charge in [0.15, 0.2) is 0 Å². The molecule has 2 nitrogen and oxygen atoms in total. The Morgan fingerprint density at radius 3 is 3.00 bits per heavy atom. The van der Waals surface area contributed by atoms with E-state index in [0.717, 1.165) is 17.1 Å². The molecule has 0 bridgehead atoms. The monoisotopic (exact) mass is 210 g/mol. The van der Waals surface area contributed by atoms with Crippen LogP contribution in [0.1, 0.15) is 5.01 Å². The highest BCUT2D eigenvalue weighted by Crippen LogP contribution is 2.23. The molecule has 0 atom stereocenters. The van der Waals surface area contributed by atoms with Crippen LogP contribution >= 0.6 is 22.7 Å². The van der Waals surface area contributed by atoms with Gasteiger partial charge in [-0.3, -0.25) is 0 Å². The van der Waals surface area contributed by atoms with Gasteiger partial charge >= 0.3 is 0 Å². The molecule has 0 saturated heterocycles. The number of hydrogen-bond donors (Lipinski definition) is 1. The van der Waals surface area contributed by atoms with Crippen molar-refractivity contribution in [1.29, 1.82) is 0 Å². The Kier molecular flexibility index (Phi) is 2.73. The van der Waals surface area contributed by atoms with E-state index in [1.165, 1.54) is 5.56 Å². The van der Waals surface area contributed by atoms with E-state index in [1.54, 1.807) is 22.7 Å². The van der Waals surface area contributed by atoms with E-state index < -0.39 is 0 Å². The summed E-state index contributed by atoms with van der Waals surface area (Å²) in [6.07, 6.45) is 0.884. The van der Waals surface area contributed by atoms with Crippen LogP contribution in [0.5, 0.6) is 0 Å². The van der Waals surface area contributed by atoms with Gasteiger partial charge in [0.05, 0.1) is 10.7 Å². The molecule has 4 heteroatoms. The summed E-state index contributed by atoms with van der Waals surface area (Å²) in [4.78, 5) is 4.49. The van der Waals surface area contributed by atoms with Gasteiger partial charge in [0.1, 0.15) is 0 Å². The Labute approximate surface area is 85.1 Å². The average molecular weight is 210 g/mol. The second-order valence-electron chi connectivity index (χ2n) is 2.68. The first kappa shape index (κ1) is 8.87. The smallest absolute Gasteiger partial charge is 0.0945 e. The molecule has 0 aliphatic heterocycles. The average Bonchev–Trinajstić information content (AvgIpc) is 2.70. The van der Waals surface area contributed by atoms with E-state index >= 15 is 0 Å². The fourth-order valence-corrected chi connectivity index (χ4v) is 2.56. The van der Waals surface area contributed by atoms with E-state index in [9.17, 15) is 0 Å². The van der Waals surface area contributed by atoms with Crippen LogP contribution in [0.25, 0.3) is 11.3 Å². The molecule has 0 spiro atoms. The Balaban J connectivity index is 2.23. The number of thiophene rings is 1. The van der Waals surface area contributed by atoms with Gasteiger partial charge in [-0.2, -0.15) is 11.3 Å². The van der Waals surface area contributed by atoms with Gasteiger partial charge in [-0.1, -0.05) is 0 Å². The third-order valence-electron chi connectivity index (χ3n) is 1.73. The van der Waals surface area contributed by atoms with Crippen LogP contribution < -0.4 is 5.73 Å². The minimum Gasteiger partial charge on any atom is -0.330 e. The number of aromatic nitrogens is 1. The Hall–Kier alpha value is -0.710. The second kappa shape index (κ2) is 4.00. The number of hydrogen-bond acceptors (Lipinski definition) is 4. The summed E-state index contributed by atoms with van der Waals surface area (Å²) in [5, 5.41) is 7.40. The minimum atomic E-state index is 0.677. The molecule has 2 N–H and O–H groups in total. The van der Waals surface area contributed by atoms with Crippen LogP contribution in [0.3, 0.4) is 0 Å². The van der Waals surface area contributed by atoms with E-state index in [0.29, 0.717) is 6.54 Å². The lowest BCUT2D eigenvalue weighted by Gasteiger charge is -1.89. The molecular weight excluding hydrogens is 200 g/mol.